The van der Waals surface area contributed by atoms with Crippen LogP contribution in [0.2, 0.25) is 0 Å². The van der Waals surface area contributed by atoms with Crippen LogP contribution in [0, 0.1) is 0 Å². The minimum absolute atomic E-state index is 0.00428. The molecule has 7 heteroatoms. The van der Waals surface area contributed by atoms with Crippen molar-refractivity contribution in [3.8, 4) is 0 Å². The Kier molecular flexibility index (Phi) is 6.15. The van der Waals surface area contributed by atoms with Crippen LogP contribution in [-0.2, 0) is 19.1 Å². The van der Waals surface area contributed by atoms with E-state index in [1.54, 1.807) is 0 Å². The number of esters is 2. The van der Waals surface area contributed by atoms with E-state index in [-0.39, 0.29) is 25.4 Å². The number of carbonyl (C=O) groups is 3. The second kappa shape index (κ2) is 7.88. The largest absolute Gasteiger partial charge is 0.469 e. The van der Waals surface area contributed by atoms with E-state index < -0.39 is 11.9 Å². The molecule has 1 aromatic rings. The van der Waals surface area contributed by atoms with Gasteiger partial charge >= 0.3 is 11.9 Å². The van der Waals surface area contributed by atoms with E-state index in [1.807, 2.05) is 0 Å². The molecule has 0 N–H and O–H groups in total. The van der Waals surface area contributed by atoms with E-state index in [4.69, 9.17) is 0 Å². The number of nitrogens with zero attached hydrogens (tertiary/aromatic N) is 2. The number of methoxy groups -OCH3 is 2. The van der Waals surface area contributed by atoms with Crippen molar-refractivity contribution in [3.05, 3.63) is 30.1 Å². The molecule has 0 unspecified atom stereocenters. The molecule has 0 aliphatic rings. The van der Waals surface area contributed by atoms with E-state index in [2.05, 4.69) is 14.5 Å². The molecular weight excluding hydrogens is 264 g/mol. The molecular formula is C13H16N2O5. The minimum atomic E-state index is -0.558. The number of amides is 1. The van der Waals surface area contributed by atoms with Crippen molar-refractivity contribution >= 4 is 17.8 Å². The Morgan fingerprint density at radius 1 is 1.10 bits per heavy atom. The fourth-order valence-electron chi connectivity index (χ4n) is 1.48. The number of hydrogen-bond acceptors (Lipinski definition) is 6. The Bertz CT molecular complexity index is 475. The average Bonchev–Trinajstić information content (AvgIpc) is 2.50. The van der Waals surface area contributed by atoms with E-state index in [1.165, 1.54) is 43.6 Å². The molecule has 108 valence electrons. The summed E-state index contributed by atoms with van der Waals surface area (Å²) in [5.74, 6) is -1.39. The lowest BCUT2D eigenvalue weighted by Gasteiger charge is -2.20. The second-order valence-electron chi connectivity index (χ2n) is 3.86. The molecule has 20 heavy (non-hydrogen) atoms. The maximum absolute atomic E-state index is 12.2. The van der Waals surface area contributed by atoms with Gasteiger partial charge in [0.25, 0.3) is 5.91 Å². The Morgan fingerprint density at radius 2 is 1.70 bits per heavy atom. The van der Waals surface area contributed by atoms with Gasteiger partial charge < -0.3 is 14.4 Å². The predicted octanol–water partition coefficient (Wildman–Crippen LogP) is 0.260. The molecule has 0 fully saturated rings. The number of ether oxygens (including phenoxy) is 2. The summed E-state index contributed by atoms with van der Waals surface area (Å²) in [5, 5.41) is 0. The highest BCUT2D eigenvalue weighted by Gasteiger charge is 2.20. The third-order valence-corrected chi connectivity index (χ3v) is 2.58. The Morgan fingerprint density at radius 3 is 2.25 bits per heavy atom. The molecule has 1 rings (SSSR count). The number of hydrogen-bond donors (Lipinski definition) is 0. The van der Waals surface area contributed by atoms with Gasteiger partial charge in [-0.3, -0.25) is 19.4 Å². The third kappa shape index (κ3) is 4.68. The van der Waals surface area contributed by atoms with Crippen molar-refractivity contribution < 1.29 is 23.9 Å². The van der Waals surface area contributed by atoms with E-state index in [9.17, 15) is 14.4 Å². The van der Waals surface area contributed by atoms with Crippen LogP contribution in [0.25, 0.3) is 0 Å². The SMILES string of the molecule is COC(=O)CCN(CC(=O)OC)C(=O)c1ccncc1. The summed E-state index contributed by atoms with van der Waals surface area (Å²) < 4.78 is 9.05. The minimum Gasteiger partial charge on any atom is -0.469 e. The number of carbonyl (C=O) groups excluding carboxylic acids is 3. The molecule has 0 aromatic carbocycles. The van der Waals surface area contributed by atoms with Gasteiger partial charge in [-0.15, -0.1) is 0 Å². The summed E-state index contributed by atoms with van der Waals surface area (Å²) in [4.78, 5) is 39.8. The molecule has 0 saturated heterocycles. The zero-order valence-electron chi connectivity index (χ0n) is 11.4. The summed E-state index contributed by atoms with van der Waals surface area (Å²) in [6.07, 6.45) is 2.96. The van der Waals surface area contributed by atoms with Crippen LogP contribution in [0.15, 0.2) is 24.5 Å². The van der Waals surface area contributed by atoms with Crippen molar-refractivity contribution in [3.63, 3.8) is 0 Å². The topological polar surface area (TPSA) is 85.8 Å². The quantitative estimate of drug-likeness (QED) is 0.695. The molecule has 1 amide bonds. The maximum atomic E-state index is 12.2. The smallest absolute Gasteiger partial charge is 0.325 e. The summed E-state index contributed by atoms with van der Waals surface area (Å²) in [5.41, 5.74) is 0.383. The first-order valence-electron chi connectivity index (χ1n) is 5.91. The van der Waals surface area contributed by atoms with Gasteiger partial charge in [0.15, 0.2) is 0 Å². The molecule has 0 aliphatic heterocycles. The molecule has 0 spiro atoms. The third-order valence-electron chi connectivity index (χ3n) is 2.58. The van der Waals surface area contributed by atoms with Crippen molar-refractivity contribution in [2.24, 2.45) is 0 Å². The standard InChI is InChI=1S/C13H16N2O5/c1-19-11(16)5-8-15(9-12(17)20-2)13(18)10-3-6-14-7-4-10/h3-4,6-7H,5,8-9H2,1-2H3. The van der Waals surface area contributed by atoms with Gasteiger partial charge in [-0.05, 0) is 12.1 Å². The summed E-state index contributed by atoms with van der Waals surface area (Å²) in [6, 6.07) is 3.06. The van der Waals surface area contributed by atoms with Gasteiger partial charge in [0.2, 0.25) is 0 Å². The number of aromatic nitrogens is 1. The Labute approximate surface area is 116 Å². The van der Waals surface area contributed by atoms with E-state index >= 15 is 0 Å². The summed E-state index contributed by atoms with van der Waals surface area (Å²) >= 11 is 0. The van der Waals surface area contributed by atoms with Crippen molar-refractivity contribution in [2.45, 2.75) is 6.42 Å². The van der Waals surface area contributed by atoms with Crippen LogP contribution < -0.4 is 0 Å². The van der Waals surface area contributed by atoms with Gasteiger partial charge in [-0.1, -0.05) is 0 Å². The maximum Gasteiger partial charge on any atom is 0.325 e. The highest BCUT2D eigenvalue weighted by Crippen LogP contribution is 2.05. The van der Waals surface area contributed by atoms with Crippen molar-refractivity contribution in [1.29, 1.82) is 0 Å². The van der Waals surface area contributed by atoms with Gasteiger partial charge in [-0.25, -0.2) is 0 Å². The highest BCUT2D eigenvalue weighted by molar-refractivity contribution is 5.96. The lowest BCUT2D eigenvalue weighted by Crippen LogP contribution is -2.37. The van der Waals surface area contributed by atoms with Gasteiger partial charge in [0.1, 0.15) is 6.54 Å². The summed E-state index contributed by atoms with van der Waals surface area (Å²) in [6.45, 7) is -0.155. The first kappa shape index (κ1) is 15.6. The molecule has 0 bridgehead atoms. The van der Waals surface area contributed by atoms with Crippen LogP contribution in [0.4, 0.5) is 0 Å². The van der Waals surface area contributed by atoms with Crippen LogP contribution in [0.5, 0.6) is 0 Å². The van der Waals surface area contributed by atoms with Gasteiger partial charge in [-0.2, -0.15) is 0 Å². The normalized spacial score (nSPS) is 9.70. The average molecular weight is 280 g/mol. The molecule has 0 saturated carbocycles. The fourth-order valence-corrected chi connectivity index (χ4v) is 1.48. The summed E-state index contributed by atoms with van der Waals surface area (Å²) in [7, 11) is 2.50. The zero-order chi connectivity index (χ0) is 15.0. The van der Waals surface area contributed by atoms with Crippen LogP contribution >= 0.6 is 0 Å². The van der Waals surface area contributed by atoms with Crippen LogP contribution in [-0.4, -0.2) is 55.0 Å². The Balaban J connectivity index is 2.78. The number of rotatable bonds is 6. The van der Waals surface area contributed by atoms with Crippen LogP contribution in [0.3, 0.4) is 0 Å². The van der Waals surface area contributed by atoms with Gasteiger partial charge in [0, 0.05) is 24.5 Å². The van der Waals surface area contributed by atoms with E-state index in [0.29, 0.717) is 5.56 Å². The first-order chi connectivity index (χ1) is 9.58. The fraction of sp³-hybridized carbons (Fsp3) is 0.385. The van der Waals surface area contributed by atoms with Crippen LogP contribution in [0.1, 0.15) is 16.8 Å². The van der Waals surface area contributed by atoms with Crippen molar-refractivity contribution in [2.75, 3.05) is 27.3 Å². The first-order valence-corrected chi connectivity index (χ1v) is 5.91. The second-order valence-corrected chi connectivity index (χ2v) is 3.86. The number of pyridine rings is 1. The van der Waals surface area contributed by atoms with Gasteiger partial charge in [0.05, 0.1) is 20.6 Å². The lowest BCUT2D eigenvalue weighted by atomic mass is 10.2. The molecule has 0 radical (unpaired) electrons. The lowest BCUT2D eigenvalue weighted by molar-refractivity contribution is -0.143. The van der Waals surface area contributed by atoms with Crippen molar-refractivity contribution in [1.82, 2.24) is 9.88 Å². The monoisotopic (exact) mass is 280 g/mol. The molecule has 7 nitrogen and oxygen atoms in total. The molecule has 0 aliphatic carbocycles. The molecule has 1 heterocycles. The predicted molar refractivity (Wildman–Crippen MR) is 68.8 cm³/mol. The van der Waals surface area contributed by atoms with E-state index in [0.717, 1.165) is 0 Å². The zero-order valence-corrected chi connectivity index (χ0v) is 11.4. The molecule has 0 atom stereocenters. The highest BCUT2D eigenvalue weighted by atomic mass is 16.5. The Hall–Kier alpha value is -2.44. The molecule has 1 aromatic heterocycles.